The molecule has 8 aromatic rings. The van der Waals surface area contributed by atoms with E-state index in [1.807, 2.05) is 46.4 Å². The minimum atomic E-state index is -3.40. The topological polar surface area (TPSA) is 148 Å². The first-order valence-corrected chi connectivity index (χ1v) is 26.4. The molecule has 4 aromatic heterocycles. The van der Waals surface area contributed by atoms with Gasteiger partial charge in [-0.15, -0.1) is 10.2 Å². The van der Waals surface area contributed by atoms with Crippen LogP contribution in [0.4, 0.5) is 23.3 Å². The lowest BCUT2D eigenvalue weighted by atomic mass is 10.1. The predicted octanol–water partition coefficient (Wildman–Crippen LogP) is 6.30. The van der Waals surface area contributed by atoms with E-state index < -0.39 is 19.7 Å². The largest absolute Gasteiger partial charge is 0.304 e. The molecular formula is C50H54N12O4S2. The second-order valence-corrected chi connectivity index (χ2v) is 21.9. The van der Waals surface area contributed by atoms with Crippen LogP contribution in [-0.2, 0) is 32.8 Å². The number of hydrazine groups is 1. The van der Waals surface area contributed by atoms with E-state index in [2.05, 4.69) is 82.2 Å². The minimum absolute atomic E-state index is 0.231. The molecule has 16 nitrogen and oxygen atoms in total. The fourth-order valence-electron chi connectivity index (χ4n) is 8.80. The van der Waals surface area contributed by atoms with Gasteiger partial charge in [0, 0.05) is 89.1 Å². The lowest BCUT2D eigenvalue weighted by Gasteiger charge is -2.34. The summed E-state index contributed by atoms with van der Waals surface area (Å²) in [5.41, 5.74) is 8.02. The van der Waals surface area contributed by atoms with Gasteiger partial charge in [0.15, 0.2) is 31.0 Å². The number of benzene rings is 4. The zero-order valence-electron chi connectivity index (χ0n) is 38.6. The molecule has 350 valence electrons. The first-order chi connectivity index (χ1) is 32.7. The molecule has 2 aliphatic heterocycles. The summed E-state index contributed by atoms with van der Waals surface area (Å²) < 4.78 is 53.0. The molecule has 4 aromatic carbocycles. The monoisotopic (exact) mass is 950 g/mol. The van der Waals surface area contributed by atoms with Crippen molar-refractivity contribution in [1.82, 2.24) is 48.8 Å². The van der Waals surface area contributed by atoms with Crippen molar-refractivity contribution in [2.24, 2.45) is 0 Å². The molecule has 0 aliphatic carbocycles. The van der Waals surface area contributed by atoms with Crippen molar-refractivity contribution in [3.63, 3.8) is 0 Å². The molecule has 0 radical (unpaired) electrons. The van der Waals surface area contributed by atoms with Crippen molar-refractivity contribution in [2.75, 3.05) is 89.0 Å². The van der Waals surface area contributed by atoms with Crippen LogP contribution in [0.15, 0.2) is 143 Å². The molecular weight excluding hydrogens is 897 g/mol. The van der Waals surface area contributed by atoms with Crippen molar-refractivity contribution >= 4 is 54.2 Å². The van der Waals surface area contributed by atoms with Crippen molar-refractivity contribution in [3.8, 4) is 22.5 Å². The quantitative estimate of drug-likeness (QED) is 0.119. The Labute approximate surface area is 397 Å². The molecule has 2 aliphatic rings. The molecule has 2 saturated heterocycles. The van der Waals surface area contributed by atoms with E-state index in [0.29, 0.717) is 23.2 Å². The van der Waals surface area contributed by atoms with E-state index in [9.17, 15) is 16.8 Å². The normalized spacial score (nSPS) is 15.9. The van der Waals surface area contributed by atoms with Gasteiger partial charge in [-0.1, -0.05) is 60.7 Å². The zero-order valence-corrected chi connectivity index (χ0v) is 40.2. The molecule has 18 heteroatoms. The third kappa shape index (κ3) is 9.60. The van der Waals surface area contributed by atoms with Gasteiger partial charge in [0.1, 0.15) is 0 Å². The number of hydrogen-bond acceptors (Lipinski definition) is 14. The molecule has 0 atom stereocenters. The van der Waals surface area contributed by atoms with E-state index >= 15 is 0 Å². The van der Waals surface area contributed by atoms with Crippen LogP contribution in [0, 0.1) is 0 Å². The number of rotatable bonds is 13. The van der Waals surface area contributed by atoms with E-state index in [1.54, 1.807) is 57.6 Å². The molecule has 0 saturated carbocycles. The zero-order chi connectivity index (χ0) is 47.2. The van der Waals surface area contributed by atoms with Gasteiger partial charge in [0.2, 0.25) is 0 Å². The minimum Gasteiger partial charge on any atom is -0.304 e. The standard InChI is InChI=1S/C50H54N12O4S2/c1-55-27-31-57(32-28-55)35-37-11-19-41(20-12-37)61(49-51-47-9-5-7-45(59(47)53-49)39-15-23-43(24-16-39)67(3,63)64)62(42-21-13-38(14-22-42)36-58-33-29-56(2)30-34-58)50-52-48-10-6-8-46(60(48)54-50)40-17-25-44(26-18-40)68(4,65)66/h5-26H,27-36H2,1-4H3. The summed E-state index contributed by atoms with van der Waals surface area (Å²) in [7, 11) is -2.47. The number of nitrogens with zero attached hydrogens (tertiary/aromatic N) is 12. The highest BCUT2D eigenvalue weighted by Crippen LogP contribution is 2.36. The van der Waals surface area contributed by atoms with Gasteiger partial charge < -0.3 is 9.80 Å². The molecule has 0 amide bonds. The summed E-state index contributed by atoms with van der Waals surface area (Å²) in [5, 5.41) is 14.3. The van der Waals surface area contributed by atoms with Crippen LogP contribution >= 0.6 is 0 Å². The van der Waals surface area contributed by atoms with E-state index in [-0.39, 0.29) is 9.79 Å². The third-order valence-electron chi connectivity index (χ3n) is 12.8. The van der Waals surface area contributed by atoms with E-state index in [1.165, 1.54) is 23.6 Å². The van der Waals surface area contributed by atoms with Crippen molar-refractivity contribution in [2.45, 2.75) is 22.9 Å². The molecule has 0 bridgehead atoms. The number of aromatic nitrogens is 6. The Hall–Kier alpha value is -6.54. The van der Waals surface area contributed by atoms with Crippen LogP contribution in [0.5, 0.6) is 0 Å². The van der Waals surface area contributed by atoms with E-state index in [0.717, 1.165) is 99.3 Å². The van der Waals surface area contributed by atoms with Crippen molar-refractivity contribution < 1.29 is 16.8 Å². The van der Waals surface area contributed by atoms with Gasteiger partial charge >= 0.3 is 0 Å². The summed E-state index contributed by atoms with van der Waals surface area (Å²) in [5.74, 6) is 0.683. The van der Waals surface area contributed by atoms with Gasteiger partial charge in [0.25, 0.3) is 11.9 Å². The fourth-order valence-corrected chi connectivity index (χ4v) is 10.1. The highest BCUT2D eigenvalue weighted by molar-refractivity contribution is 7.91. The second kappa shape index (κ2) is 18.5. The number of likely N-dealkylation sites (N-methyl/N-ethyl adjacent to an activating group) is 2. The molecule has 10 rings (SSSR count). The summed E-state index contributed by atoms with van der Waals surface area (Å²) in [4.78, 5) is 20.5. The summed E-state index contributed by atoms with van der Waals surface area (Å²) in [6.45, 7) is 9.73. The van der Waals surface area contributed by atoms with Gasteiger partial charge in [-0.25, -0.2) is 35.9 Å². The summed E-state index contributed by atoms with van der Waals surface area (Å²) >= 11 is 0. The van der Waals surface area contributed by atoms with Crippen LogP contribution in [0.1, 0.15) is 11.1 Å². The van der Waals surface area contributed by atoms with Crippen LogP contribution in [0.25, 0.3) is 33.8 Å². The fraction of sp³-hybridized carbons (Fsp3) is 0.280. The third-order valence-corrected chi connectivity index (χ3v) is 15.1. The molecule has 0 spiro atoms. The van der Waals surface area contributed by atoms with Gasteiger partial charge in [-0.05, 0) is 98.0 Å². The highest BCUT2D eigenvalue weighted by atomic mass is 32.2. The maximum Gasteiger partial charge on any atom is 0.269 e. The summed E-state index contributed by atoms with van der Waals surface area (Å²) in [6, 6.07) is 42.0. The first kappa shape index (κ1) is 45.3. The van der Waals surface area contributed by atoms with Crippen molar-refractivity contribution in [1.29, 1.82) is 0 Å². The van der Waals surface area contributed by atoms with E-state index in [4.69, 9.17) is 20.2 Å². The number of fused-ring (bicyclic) bond motifs is 2. The molecule has 6 heterocycles. The average molecular weight is 951 g/mol. The Balaban J connectivity index is 1.12. The predicted molar refractivity (Wildman–Crippen MR) is 266 cm³/mol. The number of sulfone groups is 2. The van der Waals surface area contributed by atoms with Crippen LogP contribution < -0.4 is 10.0 Å². The Morgan fingerprint density at radius 1 is 0.456 bits per heavy atom. The Bertz CT molecular complexity index is 3070. The maximum absolute atomic E-state index is 12.4. The average Bonchev–Trinajstić information content (AvgIpc) is 3.97. The SMILES string of the molecule is CN1CCN(Cc2ccc(N(c3nc4cccc(-c5ccc(S(C)(=O)=O)cc5)n4n3)N(c3ccc(CN4CCN(C)CC4)cc3)c3nc4cccc(-c5ccc(S(C)(=O)=O)cc5)n4n3)cc2)CC1. The smallest absolute Gasteiger partial charge is 0.269 e. The Kier molecular flexibility index (Phi) is 12.3. The number of pyridine rings is 2. The Morgan fingerprint density at radius 2 is 0.809 bits per heavy atom. The molecule has 0 N–H and O–H groups in total. The van der Waals surface area contributed by atoms with Crippen LogP contribution in [0.3, 0.4) is 0 Å². The van der Waals surface area contributed by atoms with Crippen LogP contribution in [-0.4, -0.2) is 145 Å². The molecule has 0 unspecified atom stereocenters. The lowest BCUT2D eigenvalue weighted by Crippen LogP contribution is -2.43. The summed E-state index contributed by atoms with van der Waals surface area (Å²) in [6.07, 6.45) is 2.40. The molecule has 2 fully saturated rings. The van der Waals surface area contributed by atoms with Gasteiger partial charge in [0.05, 0.1) is 32.6 Å². The second-order valence-electron chi connectivity index (χ2n) is 17.9. The van der Waals surface area contributed by atoms with Gasteiger partial charge in [-0.3, -0.25) is 9.80 Å². The first-order valence-electron chi connectivity index (χ1n) is 22.7. The van der Waals surface area contributed by atoms with Gasteiger partial charge in [-0.2, -0.15) is 9.97 Å². The maximum atomic E-state index is 12.4. The highest BCUT2D eigenvalue weighted by Gasteiger charge is 2.30. The number of piperazine rings is 2. The lowest BCUT2D eigenvalue weighted by molar-refractivity contribution is 0.148. The van der Waals surface area contributed by atoms with Crippen molar-refractivity contribution in [3.05, 3.63) is 145 Å². The van der Waals surface area contributed by atoms with Crippen LogP contribution in [0.2, 0.25) is 0 Å². The number of anilines is 4. The molecule has 68 heavy (non-hydrogen) atoms. The number of hydrogen-bond donors (Lipinski definition) is 0. The Morgan fingerprint density at radius 3 is 1.15 bits per heavy atom.